The highest BCUT2D eigenvalue weighted by Crippen LogP contribution is 2.17. The fourth-order valence-electron chi connectivity index (χ4n) is 2.21. The van der Waals surface area contributed by atoms with Crippen molar-refractivity contribution in [3.8, 4) is 0 Å². The number of aliphatic hydroxyl groups excluding tert-OH is 1. The molecule has 2 aromatic rings. The number of carbonyl (C=O) groups excluding carboxylic acids is 1. The van der Waals surface area contributed by atoms with Crippen LogP contribution in [0.1, 0.15) is 25.8 Å². The van der Waals surface area contributed by atoms with E-state index in [2.05, 4.69) is 10.3 Å². The second-order valence-electron chi connectivity index (χ2n) is 5.49. The summed E-state index contributed by atoms with van der Waals surface area (Å²) in [6.45, 7) is 4.46. The van der Waals surface area contributed by atoms with E-state index >= 15 is 0 Å². The number of aromatic nitrogens is 1. The van der Waals surface area contributed by atoms with Crippen molar-refractivity contribution in [1.82, 2.24) is 10.3 Å². The lowest BCUT2D eigenvalue weighted by atomic mass is 10.0. The number of amides is 1. The van der Waals surface area contributed by atoms with Gasteiger partial charge >= 0.3 is 0 Å². The maximum absolute atomic E-state index is 11.9. The molecule has 0 aliphatic carbocycles. The van der Waals surface area contributed by atoms with Gasteiger partial charge in [0.25, 0.3) is 0 Å². The van der Waals surface area contributed by atoms with Crippen molar-refractivity contribution in [2.45, 2.75) is 32.8 Å². The van der Waals surface area contributed by atoms with E-state index < -0.39 is 0 Å². The zero-order chi connectivity index (χ0) is 14.5. The van der Waals surface area contributed by atoms with E-state index in [1.807, 2.05) is 44.3 Å². The van der Waals surface area contributed by atoms with E-state index in [-0.39, 0.29) is 17.9 Å². The maximum atomic E-state index is 11.9. The van der Waals surface area contributed by atoms with Crippen LogP contribution < -0.4 is 5.32 Å². The van der Waals surface area contributed by atoms with Gasteiger partial charge in [-0.05, 0) is 24.0 Å². The molecule has 20 heavy (non-hydrogen) atoms. The quantitative estimate of drug-likeness (QED) is 0.756. The van der Waals surface area contributed by atoms with Crippen LogP contribution in [0.2, 0.25) is 0 Å². The number of nitrogens with one attached hydrogen (secondary N) is 2. The highest BCUT2D eigenvalue weighted by molar-refractivity contribution is 5.88. The Hall–Kier alpha value is -1.81. The Morgan fingerprint density at radius 1 is 1.35 bits per heavy atom. The molecule has 1 aromatic carbocycles. The largest absolute Gasteiger partial charge is 0.393 e. The molecule has 0 saturated heterocycles. The monoisotopic (exact) mass is 274 g/mol. The second kappa shape index (κ2) is 6.57. The molecule has 0 radical (unpaired) electrons. The van der Waals surface area contributed by atoms with Gasteiger partial charge < -0.3 is 15.4 Å². The molecule has 0 aliphatic rings. The second-order valence-corrected chi connectivity index (χ2v) is 5.49. The molecule has 1 unspecified atom stereocenters. The molecule has 1 aromatic heterocycles. The van der Waals surface area contributed by atoms with Crippen molar-refractivity contribution < 1.29 is 9.90 Å². The highest BCUT2D eigenvalue weighted by Gasteiger charge is 2.11. The summed E-state index contributed by atoms with van der Waals surface area (Å²) in [4.78, 5) is 15.1. The normalized spacial score (nSPS) is 12.8. The number of carbonyl (C=O) groups is 1. The van der Waals surface area contributed by atoms with Gasteiger partial charge in [0, 0.05) is 23.6 Å². The number of fused-ring (bicyclic) bond motifs is 1. The van der Waals surface area contributed by atoms with E-state index in [1.165, 1.54) is 0 Å². The Kier molecular flexibility index (Phi) is 4.79. The van der Waals surface area contributed by atoms with Crippen molar-refractivity contribution in [3.63, 3.8) is 0 Å². The lowest BCUT2D eigenvalue weighted by Gasteiger charge is -2.14. The Bertz CT molecular complexity index is 575. The summed E-state index contributed by atoms with van der Waals surface area (Å²) in [6, 6.07) is 7.94. The smallest absolute Gasteiger partial charge is 0.224 e. The minimum atomic E-state index is -0.358. The van der Waals surface area contributed by atoms with Gasteiger partial charge in [0.05, 0.1) is 12.5 Å². The van der Waals surface area contributed by atoms with Gasteiger partial charge in [-0.2, -0.15) is 0 Å². The van der Waals surface area contributed by atoms with Crippen LogP contribution in [-0.4, -0.2) is 28.6 Å². The first-order valence-corrected chi connectivity index (χ1v) is 7.07. The minimum absolute atomic E-state index is 0.00860. The van der Waals surface area contributed by atoms with Crippen molar-refractivity contribution in [3.05, 3.63) is 36.0 Å². The molecular formula is C16H22N2O2. The molecule has 0 fully saturated rings. The molecule has 0 bridgehead atoms. The van der Waals surface area contributed by atoms with Crippen LogP contribution in [0, 0.1) is 5.92 Å². The number of aromatic amines is 1. The first-order chi connectivity index (χ1) is 9.58. The van der Waals surface area contributed by atoms with Gasteiger partial charge in [-0.25, -0.2) is 0 Å². The summed E-state index contributed by atoms with van der Waals surface area (Å²) in [5, 5.41) is 13.6. The lowest BCUT2D eigenvalue weighted by Crippen LogP contribution is -2.29. The fourth-order valence-corrected chi connectivity index (χ4v) is 2.21. The molecule has 2 rings (SSSR count). The van der Waals surface area contributed by atoms with Crippen LogP contribution in [0.25, 0.3) is 10.9 Å². The van der Waals surface area contributed by atoms with Crippen molar-refractivity contribution in [1.29, 1.82) is 0 Å². The molecule has 1 amide bonds. The van der Waals surface area contributed by atoms with E-state index in [4.69, 9.17) is 0 Å². The Morgan fingerprint density at radius 3 is 2.85 bits per heavy atom. The summed E-state index contributed by atoms with van der Waals surface area (Å²) >= 11 is 0. The SMILES string of the molecule is CC(C)C(O)CCNC(=O)Cc1c[nH]c2ccccc12. The molecule has 1 atom stereocenters. The number of aliphatic hydroxyl groups is 1. The van der Waals surface area contributed by atoms with Crippen LogP contribution in [0.15, 0.2) is 30.5 Å². The van der Waals surface area contributed by atoms with Gasteiger partial charge in [0.1, 0.15) is 0 Å². The molecule has 0 aliphatic heterocycles. The van der Waals surface area contributed by atoms with E-state index in [0.29, 0.717) is 19.4 Å². The lowest BCUT2D eigenvalue weighted by molar-refractivity contribution is -0.120. The van der Waals surface area contributed by atoms with Crippen molar-refractivity contribution in [2.24, 2.45) is 5.92 Å². The Labute approximate surface area is 119 Å². The summed E-state index contributed by atoms with van der Waals surface area (Å²) in [5.74, 6) is 0.214. The molecule has 3 N–H and O–H groups in total. The minimum Gasteiger partial charge on any atom is -0.393 e. The topological polar surface area (TPSA) is 65.1 Å². The molecule has 0 spiro atoms. The number of hydrogen-bond acceptors (Lipinski definition) is 2. The van der Waals surface area contributed by atoms with Crippen LogP contribution in [-0.2, 0) is 11.2 Å². The summed E-state index contributed by atoms with van der Waals surface area (Å²) < 4.78 is 0. The van der Waals surface area contributed by atoms with E-state index in [9.17, 15) is 9.90 Å². The molecule has 108 valence electrons. The molecule has 0 saturated carbocycles. The van der Waals surface area contributed by atoms with Gasteiger partial charge in [0.2, 0.25) is 5.91 Å². The zero-order valence-electron chi connectivity index (χ0n) is 12.0. The maximum Gasteiger partial charge on any atom is 0.224 e. The molecule has 4 heteroatoms. The van der Waals surface area contributed by atoms with Crippen LogP contribution in [0.5, 0.6) is 0 Å². The summed E-state index contributed by atoms with van der Waals surface area (Å²) in [7, 11) is 0. The Morgan fingerprint density at radius 2 is 2.10 bits per heavy atom. The number of benzene rings is 1. The van der Waals surface area contributed by atoms with Gasteiger partial charge in [-0.15, -0.1) is 0 Å². The van der Waals surface area contributed by atoms with Gasteiger partial charge in [0.15, 0.2) is 0 Å². The zero-order valence-corrected chi connectivity index (χ0v) is 12.0. The average molecular weight is 274 g/mol. The molecule has 4 nitrogen and oxygen atoms in total. The average Bonchev–Trinajstić information content (AvgIpc) is 2.82. The van der Waals surface area contributed by atoms with Crippen LogP contribution in [0.3, 0.4) is 0 Å². The highest BCUT2D eigenvalue weighted by atomic mass is 16.3. The van der Waals surface area contributed by atoms with Gasteiger partial charge in [-0.3, -0.25) is 4.79 Å². The first kappa shape index (κ1) is 14.6. The molecule has 1 heterocycles. The van der Waals surface area contributed by atoms with Gasteiger partial charge in [-0.1, -0.05) is 32.0 Å². The van der Waals surface area contributed by atoms with Crippen molar-refractivity contribution >= 4 is 16.8 Å². The number of rotatable bonds is 6. The summed E-state index contributed by atoms with van der Waals surface area (Å²) in [6.07, 6.45) is 2.48. The standard InChI is InChI=1S/C16H22N2O2/c1-11(2)15(19)7-8-17-16(20)9-12-10-18-14-6-4-3-5-13(12)14/h3-6,10-11,15,18-19H,7-9H2,1-2H3,(H,17,20). The van der Waals surface area contributed by atoms with Crippen molar-refractivity contribution in [2.75, 3.05) is 6.54 Å². The van der Waals surface area contributed by atoms with E-state index in [1.54, 1.807) is 0 Å². The number of para-hydroxylation sites is 1. The predicted molar refractivity (Wildman–Crippen MR) is 80.5 cm³/mol. The van der Waals surface area contributed by atoms with Crippen LogP contribution >= 0.6 is 0 Å². The summed E-state index contributed by atoms with van der Waals surface area (Å²) in [5.41, 5.74) is 2.05. The first-order valence-electron chi connectivity index (χ1n) is 7.07. The third kappa shape index (κ3) is 3.61. The predicted octanol–water partition coefficient (Wildman–Crippen LogP) is 2.23. The fraction of sp³-hybridized carbons (Fsp3) is 0.438. The third-order valence-electron chi connectivity index (χ3n) is 3.56. The van der Waals surface area contributed by atoms with E-state index in [0.717, 1.165) is 16.5 Å². The third-order valence-corrected chi connectivity index (χ3v) is 3.56. The number of H-pyrrole nitrogens is 1. The number of hydrogen-bond donors (Lipinski definition) is 3. The Balaban J connectivity index is 1.86. The van der Waals surface area contributed by atoms with Crippen LogP contribution in [0.4, 0.5) is 0 Å². The molecular weight excluding hydrogens is 252 g/mol.